The quantitative estimate of drug-likeness (QED) is 0.391. The second-order valence-electron chi connectivity index (χ2n) is 5.05. The van der Waals surface area contributed by atoms with Gasteiger partial charge in [0.05, 0.1) is 6.61 Å². The minimum Gasteiger partial charge on any atom is -0.480 e. The first-order valence-corrected chi connectivity index (χ1v) is 7.55. The number of aliphatic carboxylic acids is 2. The number of nitrogens with two attached hydrogens (primary N) is 2. The van der Waals surface area contributed by atoms with Gasteiger partial charge in [0.15, 0.2) is 0 Å². The van der Waals surface area contributed by atoms with Crippen LogP contribution >= 0.6 is 0 Å². The van der Waals surface area contributed by atoms with Crippen LogP contribution in [0.15, 0.2) is 24.3 Å². The molecule has 0 unspecified atom stereocenters. The van der Waals surface area contributed by atoms with Gasteiger partial charge in [0.1, 0.15) is 12.1 Å². The van der Waals surface area contributed by atoms with E-state index in [0.29, 0.717) is 26.1 Å². The molecule has 0 saturated heterocycles. The molecule has 0 fully saturated rings. The fraction of sp³-hybridized carbons (Fsp3) is 0.500. The number of hydrogen-bond acceptors (Lipinski definition) is 6. The molecule has 0 bridgehead atoms. The molecule has 2 atom stereocenters. The highest BCUT2D eigenvalue weighted by molar-refractivity contribution is 5.73. The van der Waals surface area contributed by atoms with Gasteiger partial charge >= 0.3 is 11.9 Å². The van der Waals surface area contributed by atoms with Crippen molar-refractivity contribution in [2.24, 2.45) is 11.5 Å². The van der Waals surface area contributed by atoms with Crippen molar-refractivity contribution in [3.63, 3.8) is 0 Å². The maximum absolute atomic E-state index is 10.5. The van der Waals surface area contributed by atoms with E-state index in [0.717, 1.165) is 11.1 Å². The number of hydrogen-bond donors (Lipinski definition) is 5. The topological polar surface area (TPSA) is 156 Å². The number of benzene rings is 1. The molecule has 0 radical (unpaired) electrons. The molecule has 0 aliphatic rings. The Labute approximate surface area is 141 Å². The molecule has 0 aliphatic heterocycles. The maximum atomic E-state index is 10.5. The van der Waals surface area contributed by atoms with Gasteiger partial charge in [-0.1, -0.05) is 24.3 Å². The largest absolute Gasteiger partial charge is 0.480 e. The lowest BCUT2D eigenvalue weighted by Gasteiger charge is -2.06. The Balaban J connectivity index is 0.000000470. The summed E-state index contributed by atoms with van der Waals surface area (Å²) in [6.07, 6.45) is 0.685. The third-order valence-corrected chi connectivity index (χ3v) is 3.07. The first-order chi connectivity index (χ1) is 11.3. The van der Waals surface area contributed by atoms with Crippen LogP contribution in [0, 0.1) is 0 Å². The Morgan fingerprint density at radius 2 is 1.54 bits per heavy atom. The van der Waals surface area contributed by atoms with E-state index in [1.54, 1.807) is 24.3 Å². The summed E-state index contributed by atoms with van der Waals surface area (Å²) in [7, 11) is 0. The number of carboxylic acids is 2. The van der Waals surface area contributed by atoms with Gasteiger partial charge in [0.25, 0.3) is 0 Å². The molecule has 8 heteroatoms. The fourth-order valence-electron chi connectivity index (χ4n) is 1.60. The zero-order valence-corrected chi connectivity index (χ0v) is 13.7. The summed E-state index contributed by atoms with van der Waals surface area (Å²) in [6.45, 7) is 2.87. The molecular weight excluding hydrogens is 316 g/mol. The lowest BCUT2D eigenvalue weighted by molar-refractivity contribution is -0.139. The summed E-state index contributed by atoms with van der Waals surface area (Å²) in [4.78, 5) is 20.6. The standard InChI is InChI=1S/C10H13NO3.C6H13NO3/c11-9(10(13)14)5-7-1-3-8(6-12)4-2-7;1-2-10-4-3-5(7)6(8)9/h1-4,9,12H,5-6,11H2,(H,13,14);5H,2-4,7H2,1H3,(H,8,9)/t9-;5-/m00/s1. The predicted molar refractivity (Wildman–Crippen MR) is 88.4 cm³/mol. The minimum absolute atomic E-state index is 0.00867. The molecular formula is C16H26N2O6. The number of carbonyl (C=O) groups is 2. The van der Waals surface area contributed by atoms with Crippen molar-refractivity contribution in [3.05, 3.63) is 35.4 Å². The number of carboxylic acid groups (broad SMARTS) is 2. The predicted octanol–water partition coefficient (Wildman–Crippen LogP) is -0.0418. The number of aliphatic hydroxyl groups is 1. The van der Waals surface area contributed by atoms with E-state index in [4.69, 9.17) is 31.5 Å². The lowest BCUT2D eigenvalue weighted by Crippen LogP contribution is -2.32. The van der Waals surface area contributed by atoms with Crippen LogP contribution < -0.4 is 11.5 Å². The average Bonchev–Trinajstić information content (AvgIpc) is 2.56. The van der Waals surface area contributed by atoms with Crippen molar-refractivity contribution in [1.29, 1.82) is 0 Å². The van der Waals surface area contributed by atoms with E-state index in [-0.39, 0.29) is 6.61 Å². The highest BCUT2D eigenvalue weighted by atomic mass is 16.5. The summed E-state index contributed by atoms with van der Waals surface area (Å²) in [5.74, 6) is -1.98. The molecule has 0 saturated carbocycles. The maximum Gasteiger partial charge on any atom is 0.320 e. The van der Waals surface area contributed by atoms with Gasteiger partial charge < -0.3 is 31.5 Å². The van der Waals surface area contributed by atoms with Gasteiger partial charge in [0, 0.05) is 13.2 Å². The third-order valence-electron chi connectivity index (χ3n) is 3.07. The second kappa shape index (κ2) is 12.4. The zero-order valence-electron chi connectivity index (χ0n) is 13.7. The van der Waals surface area contributed by atoms with Crippen molar-refractivity contribution in [1.82, 2.24) is 0 Å². The monoisotopic (exact) mass is 342 g/mol. The average molecular weight is 342 g/mol. The molecule has 0 aliphatic carbocycles. The highest BCUT2D eigenvalue weighted by Gasteiger charge is 2.11. The molecule has 1 aromatic carbocycles. The van der Waals surface area contributed by atoms with E-state index in [1.165, 1.54) is 0 Å². The molecule has 0 heterocycles. The van der Waals surface area contributed by atoms with Crippen LogP contribution in [0.1, 0.15) is 24.5 Å². The SMILES string of the molecule is CCOCC[C@H](N)C(=O)O.N[C@@H](Cc1ccc(CO)cc1)C(=O)O. The highest BCUT2D eigenvalue weighted by Crippen LogP contribution is 2.06. The van der Waals surface area contributed by atoms with Crippen molar-refractivity contribution < 1.29 is 29.6 Å². The number of aliphatic hydroxyl groups excluding tert-OH is 1. The van der Waals surface area contributed by atoms with Gasteiger partial charge in [-0.15, -0.1) is 0 Å². The summed E-state index contributed by atoms with van der Waals surface area (Å²) < 4.78 is 4.91. The van der Waals surface area contributed by atoms with Crippen LogP contribution in [-0.4, -0.2) is 52.6 Å². The Morgan fingerprint density at radius 1 is 1.04 bits per heavy atom. The van der Waals surface area contributed by atoms with Crippen molar-refractivity contribution in [3.8, 4) is 0 Å². The lowest BCUT2D eigenvalue weighted by atomic mass is 10.1. The second-order valence-corrected chi connectivity index (χ2v) is 5.05. The summed E-state index contributed by atoms with van der Waals surface area (Å²) in [5, 5.41) is 25.7. The zero-order chi connectivity index (χ0) is 18.5. The number of ether oxygens (including phenoxy) is 1. The molecule has 0 spiro atoms. The molecule has 0 aromatic heterocycles. The molecule has 7 N–H and O–H groups in total. The first kappa shape index (κ1) is 22.0. The van der Waals surface area contributed by atoms with E-state index >= 15 is 0 Å². The van der Waals surface area contributed by atoms with Gasteiger partial charge in [-0.05, 0) is 30.9 Å². The Morgan fingerprint density at radius 3 is 1.96 bits per heavy atom. The van der Waals surface area contributed by atoms with Crippen LogP contribution in [0.4, 0.5) is 0 Å². The van der Waals surface area contributed by atoms with Gasteiger partial charge in [0.2, 0.25) is 0 Å². The fourth-order valence-corrected chi connectivity index (χ4v) is 1.60. The van der Waals surface area contributed by atoms with Gasteiger partial charge in [-0.25, -0.2) is 0 Å². The van der Waals surface area contributed by atoms with Crippen LogP contribution in [0.25, 0.3) is 0 Å². The summed E-state index contributed by atoms with van der Waals surface area (Å²) in [6, 6.07) is 5.40. The van der Waals surface area contributed by atoms with Gasteiger partial charge in [-0.2, -0.15) is 0 Å². The van der Waals surface area contributed by atoms with E-state index in [9.17, 15) is 9.59 Å². The molecule has 24 heavy (non-hydrogen) atoms. The normalized spacial score (nSPS) is 12.7. The smallest absolute Gasteiger partial charge is 0.320 e. The van der Waals surface area contributed by atoms with Crippen LogP contribution in [-0.2, 0) is 27.4 Å². The Bertz CT molecular complexity index is 492. The molecule has 136 valence electrons. The van der Waals surface area contributed by atoms with Crippen molar-refractivity contribution >= 4 is 11.9 Å². The van der Waals surface area contributed by atoms with Crippen LogP contribution in [0.2, 0.25) is 0 Å². The van der Waals surface area contributed by atoms with Crippen LogP contribution in [0.3, 0.4) is 0 Å². The molecule has 8 nitrogen and oxygen atoms in total. The van der Waals surface area contributed by atoms with Gasteiger partial charge in [-0.3, -0.25) is 9.59 Å². The van der Waals surface area contributed by atoms with Crippen molar-refractivity contribution in [2.45, 2.75) is 38.5 Å². The Kier molecular flexibility index (Phi) is 11.4. The third kappa shape index (κ3) is 9.90. The molecule has 0 amide bonds. The van der Waals surface area contributed by atoms with E-state index in [1.807, 2.05) is 6.92 Å². The summed E-state index contributed by atoms with van der Waals surface area (Å²) >= 11 is 0. The van der Waals surface area contributed by atoms with E-state index < -0.39 is 24.0 Å². The number of rotatable bonds is 9. The molecule has 1 aromatic rings. The Hall–Kier alpha value is -2.00. The van der Waals surface area contributed by atoms with Crippen molar-refractivity contribution in [2.75, 3.05) is 13.2 Å². The summed E-state index contributed by atoms with van der Waals surface area (Å²) in [5.41, 5.74) is 12.2. The molecule has 1 rings (SSSR count). The van der Waals surface area contributed by atoms with E-state index in [2.05, 4.69) is 0 Å². The minimum atomic E-state index is -1.00. The first-order valence-electron chi connectivity index (χ1n) is 7.55. The van der Waals surface area contributed by atoms with Crippen LogP contribution in [0.5, 0.6) is 0 Å².